The van der Waals surface area contributed by atoms with Crippen LogP contribution >= 0.6 is 0 Å². The highest BCUT2D eigenvalue weighted by molar-refractivity contribution is 5.85. The number of aryl methyl sites for hydroxylation is 3. The molecule has 1 fully saturated rings. The van der Waals surface area contributed by atoms with Gasteiger partial charge in [0.2, 0.25) is 5.91 Å². The summed E-state index contributed by atoms with van der Waals surface area (Å²) in [7, 11) is 1.80. The lowest BCUT2D eigenvalue weighted by Crippen LogP contribution is -2.30. The molecule has 4 rings (SSSR count). The minimum absolute atomic E-state index is 0.0431. The molecule has 1 aliphatic carbocycles. The molecule has 0 bridgehead atoms. The van der Waals surface area contributed by atoms with Crippen molar-refractivity contribution in [2.45, 2.75) is 58.3 Å². The Hall–Kier alpha value is -2.91. The van der Waals surface area contributed by atoms with Gasteiger partial charge >= 0.3 is 6.18 Å². The zero-order valence-corrected chi connectivity index (χ0v) is 17.2. The number of pyridine rings is 1. The van der Waals surface area contributed by atoms with Gasteiger partial charge in [-0.05, 0) is 39.7 Å². The summed E-state index contributed by atoms with van der Waals surface area (Å²) in [5.74, 6) is -0.316. The molecule has 1 N–H and O–H groups in total. The second-order valence-corrected chi connectivity index (χ2v) is 7.94. The van der Waals surface area contributed by atoms with E-state index in [1.54, 1.807) is 11.7 Å². The van der Waals surface area contributed by atoms with Gasteiger partial charge in [0, 0.05) is 30.4 Å². The maximum atomic E-state index is 13.7. The molecule has 0 aliphatic heterocycles. The third-order valence-corrected chi connectivity index (χ3v) is 5.39. The highest BCUT2D eigenvalue weighted by Gasteiger charge is 2.37. The largest absolute Gasteiger partial charge is 0.417 e. The molecule has 0 spiro atoms. The van der Waals surface area contributed by atoms with Crippen LogP contribution in [0, 0.1) is 13.8 Å². The second-order valence-electron chi connectivity index (χ2n) is 7.94. The van der Waals surface area contributed by atoms with Crippen LogP contribution in [-0.4, -0.2) is 30.5 Å². The second kappa shape index (κ2) is 7.10. The van der Waals surface area contributed by atoms with Gasteiger partial charge in [0.1, 0.15) is 6.54 Å². The van der Waals surface area contributed by atoms with E-state index in [0.29, 0.717) is 5.69 Å². The summed E-state index contributed by atoms with van der Waals surface area (Å²) < 4.78 is 44.0. The molecule has 3 aromatic rings. The fourth-order valence-electron chi connectivity index (χ4n) is 3.84. The summed E-state index contributed by atoms with van der Waals surface area (Å²) >= 11 is 0. The number of nitrogens with zero attached hydrogens (tertiary/aromatic N) is 5. The SMILES string of the molecule is Cc1nn(C)cc1C(C)NC(=O)Cn1nc(C)c2c(C(F)(F)F)cc(C3CC3)nc21. The lowest BCUT2D eigenvalue weighted by molar-refractivity contribution is -0.136. The Kier molecular flexibility index (Phi) is 4.82. The molecular formula is C20H23F3N6O. The molecule has 30 heavy (non-hydrogen) atoms. The van der Waals surface area contributed by atoms with E-state index in [9.17, 15) is 18.0 Å². The summed E-state index contributed by atoms with van der Waals surface area (Å²) in [6.45, 7) is 4.97. The van der Waals surface area contributed by atoms with Crippen molar-refractivity contribution in [3.8, 4) is 0 Å². The molecule has 7 nitrogen and oxygen atoms in total. The van der Waals surface area contributed by atoms with Crippen LogP contribution < -0.4 is 5.32 Å². The molecule has 160 valence electrons. The molecule has 1 atom stereocenters. The average Bonchev–Trinajstić information content (AvgIpc) is 3.37. The summed E-state index contributed by atoms with van der Waals surface area (Å²) in [5, 5.41) is 11.3. The summed E-state index contributed by atoms with van der Waals surface area (Å²) in [5.41, 5.74) is 1.66. The topological polar surface area (TPSA) is 77.6 Å². The molecule has 10 heteroatoms. The van der Waals surface area contributed by atoms with Crippen LogP contribution in [0.5, 0.6) is 0 Å². The van der Waals surface area contributed by atoms with Crippen LogP contribution in [0.3, 0.4) is 0 Å². The van der Waals surface area contributed by atoms with Crippen LogP contribution in [-0.2, 0) is 24.6 Å². The highest BCUT2D eigenvalue weighted by Crippen LogP contribution is 2.43. The number of carbonyl (C=O) groups is 1. The Morgan fingerprint density at radius 2 is 1.97 bits per heavy atom. The van der Waals surface area contributed by atoms with Crippen LogP contribution in [0.4, 0.5) is 13.2 Å². The lowest BCUT2D eigenvalue weighted by atomic mass is 10.1. The predicted octanol–water partition coefficient (Wildman–Crippen LogP) is 3.56. The van der Waals surface area contributed by atoms with Gasteiger partial charge in [0.25, 0.3) is 0 Å². The van der Waals surface area contributed by atoms with Gasteiger partial charge in [-0.2, -0.15) is 23.4 Å². The molecular weight excluding hydrogens is 397 g/mol. The van der Waals surface area contributed by atoms with Crippen molar-refractivity contribution in [3.05, 3.63) is 40.5 Å². The molecule has 0 aromatic carbocycles. The highest BCUT2D eigenvalue weighted by atomic mass is 19.4. The number of alkyl halides is 3. The Labute approximate surface area is 171 Å². The normalized spacial score (nSPS) is 15.6. The van der Waals surface area contributed by atoms with Crippen LogP contribution in [0.1, 0.15) is 59.9 Å². The monoisotopic (exact) mass is 420 g/mol. The number of aromatic nitrogens is 5. The van der Waals surface area contributed by atoms with E-state index in [0.717, 1.165) is 30.2 Å². The third kappa shape index (κ3) is 3.78. The molecule has 3 aromatic heterocycles. The van der Waals surface area contributed by atoms with E-state index in [-0.39, 0.29) is 41.1 Å². The van der Waals surface area contributed by atoms with Crippen molar-refractivity contribution in [2.24, 2.45) is 7.05 Å². The van der Waals surface area contributed by atoms with Crippen LogP contribution in [0.15, 0.2) is 12.3 Å². The van der Waals surface area contributed by atoms with Crippen molar-refractivity contribution in [1.82, 2.24) is 29.9 Å². The summed E-state index contributed by atoms with van der Waals surface area (Å²) in [6, 6.07) is 0.835. The van der Waals surface area contributed by atoms with Gasteiger partial charge in [0.15, 0.2) is 5.65 Å². The van der Waals surface area contributed by atoms with Gasteiger partial charge in [-0.3, -0.25) is 9.48 Å². The number of hydrogen-bond donors (Lipinski definition) is 1. The number of nitrogens with one attached hydrogen (secondary N) is 1. The summed E-state index contributed by atoms with van der Waals surface area (Å²) in [4.78, 5) is 17.1. The molecule has 1 saturated carbocycles. The number of hydrogen-bond acceptors (Lipinski definition) is 4. The number of rotatable bonds is 5. The molecule has 1 amide bonds. The predicted molar refractivity (Wildman–Crippen MR) is 104 cm³/mol. The van der Waals surface area contributed by atoms with E-state index >= 15 is 0 Å². The third-order valence-electron chi connectivity index (χ3n) is 5.39. The first-order chi connectivity index (χ1) is 14.0. The number of amides is 1. The standard InChI is InChI=1S/C20H23F3N6O/c1-10(14-8-28(4)26-11(14)2)24-17(30)9-29-19-18(12(3)27-29)15(20(21,22)23)7-16(25-19)13-5-6-13/h7-8,10,13H,5-6,9H2,1-4H3,(H,24,30). The van der Waals surface area contributed by atoms with Gasteiger partial charge in [-0.15, -0.1) is 0 Å². The van der Waals surface area contributed by atoms with Gasteiger partial charge in [-0.1, -0.05) is 0 Å². The number of fused-ring (bicyclic) bond motifs is 1. The zero-order chi connectivity index (χ0) is 21.8. The Morgan fingerprint density at radius 3 is 2.53 bits per heavy atom. The van der Waals surface area contributed by atoms with Gasteiger partial charge < -0.3 is 5.32 Å². The van der Waals surface area contributed by atoms with Gasteiger partial charge in [-0.25, -0.2) is 9.67 Å². The van der Waals surface area contributed by atoms with Crippen molar-refractivity contribution >= 4 is 16.9 Å². The van der Waals surface area contributed by atoms with Crippen LogP contribution in [0.25, 0.3) is 11.0 Å². The molecule has 0 radical (unpaired) electrons. The maximum absolute atomic E-state index is 13.7. The first kappa shape index (κ1) is 20.4. The molecule has 0 saturated heterocycles. The van der Waals surface area contributed by atoms with Crippen molar-refractivity contribution in [1.29, 1.82) is 0 Å². The average molecular weight is 420 g/mol. The smallest absolute Gasteiger partial charge is 0.348 e. The zero-order valence-electron chi connectivity index (χ0n) is 17.2. The summed E-state index contributed by atoms with van der Waals surface area (Å²) in [6.07, 6.45) is -1.04. The maximum Gasteiger partial charge on any atom is 0.417 e. The van der Waals surface area contributed by atoms with E-state index in [2.05, 4.69) is 20.5 Å². The number of halogens is 3. The van der Waals surface area contributed by atoms with Gasteiger partial charge in [0.05, 0.1) is 28.4 Å². The lowest BCUT2D eigenvalue weighted by Gasteiger charge is -2.14. The fraction of sp³-hybridized carbons (Fsp3) is 0.500. The van der Waals surface area contributed by atoms with Crippen molar-refractivity contribution in [3.63, 3.8) is 0 Å². The Balaban J connectivity index is 1.65. The first-order valence-corrected chi connectivity index (χ1v) is 9.79. The molecule has 1 unspecified atom stereocenters. The van der Waals surface area contributed by atoms with E-state index < -0.39 is 11.7 Å². The number of carbonyl (C=O) groups excluding carboxylic acids is 1. The van der Waals surface area contributed by atoms with Crippen molar-refractivity contribution < 1.29 is 18.0 Å². The van der Waals surface area contributed by atoms with E-state index in [1.165, 1.54) is 11.6 Å². The fourth-order valence-corrected chi connectivity index (χ4v) is 3.84. The van der Waals surface area contributed by atoms with E-state index in [4.69, 9.17) is 0 Å². The van der Waals surface area contributed by atoms with Crippen LogP contribution in [0.2, 0.25) is 0 Å². The molecule has 3 heterocycles. The molecule has 1 aliphatic rings. The minimum atomic E-state index is -4.52. The minimum Gasteiger partial charge on any atom is -0.348 e. The Bertz CT molecular complexity index is 1130. The first-order valence-electron chi connectivity index (χ1n) is 9.79. The van der Waals surface area contributed by atoms with Crippen molar-refractivity contribution in [2.75, 3.05) is 0 Å². The quantitative estimate of drug-likeness (QED) is 0.685. The Morgan fingerprint density at radius 1 is 1.27 bits per heavy atom. The van der Waals surface area contributed by atoms with E-state index in [1.807, 2.05) is 20.0 Å².